The van der Waals surface area contributed by atoms with Gasteiger partial charge in [0, 0.05) is 18.4 Å². The van der Waals surface area contributed by atoms with Gasteiger partial charge in [-0.25, -0.2) is 0 Å². The fourth-order valence-electron chi connectivity index (χ4n) is 2.90. The number of nitro groups is 1. The van der Waals surface area contributed by atoms with Crippen LogP contribution in [0.1, 0.15) is 38.2 Å². The van der Waals surface area contributed by atoms with Gasteiger partial charge in [0.25, 0.3) is 5.69 Å². The minimum absolute atomic E-state index is 0.00649. The Morgan fingerprint density at radius 2 is 2.20 bits per heavy atom. The normalized spacial score (nSPS) is 22.8. The molecule has 0 bridgehead atoms. The Labute approximate surface area is 126 Å². The summed E-state index contributed by atoms with van der Waals surface area (Å²) in [4.78, 5) is 22.6. The highest BCUT2D eigenvalue weighted by molar-refractivity contribution is 9.10. The topological polar surface area (TPSA) is 60.2 Å². The van der Waals surface area contributed by atoms with E-state index in [1.165, 1.54) is 6.07 Å². The molecule has 1 aromatic carbocycles. The van der Waals surface area contributed by atoms with Crippen molar-refractivity contribution in [1.29, 1.82) is 0 Å². The van der Waals surface area contributed by atoms with E-state index >= 15 is 0 Å². The van der Waals surface area contributed by atoms with E-state index in [4.69, 9.17) is 0 Å². The third-order valence-electron chi connectivity index (χ3n) is 4.17. The number of benzene rings is 1. The fraction of sp³-hybridized carbons (Fsp3) is 0.533. The second-order valence-corrected chi connectivity index (χ2v) is 6.22. The minimum atomic E-state index is -0.398. The lowest BCUT2D eigenvalue weighted by Crippen LogP contribution is -2.26. The van der Waals surface area contributed by atoms with Crippen molar-refractivity contribution in [2.45, 2.75) is 39.0 Å². The summed E-state index contributed by atoms with van der Waals surface area (Å²) < 4.78 is 0.511. The number of rotatable bonds is 4. The number of hydrogen-bond acceptors (Lipinski definition) is 3. The molecule has 4 nitrogen and oxygen atoms in total. The van der Waals surface area contributed by atoms with E-state index in [9.17, 15) is 14.9 Å². The lowest BCUT2D eigenvalue weighted by atomic mass is 9.77. The first kappa shape index (κ1) is 15.2. The van der Waals surface area contributed by atoms with Crippen LogP contribution in [-0.2, 0) is 11.2 Å². The van der Waals surface area contributed by atoms with Crippen LogP contribution in [0.5, 0.6) is 0 Å². The SMILES string of the molecule is CCC1CCC(=O)C(Cc2cccc([N+](=O)[O-])c2Br)C1. The maximum absolute atomic E-state index is 12.0. The van der Waals surface area contributed by atoms with Gasteiger partial charge >= 0.3 is 0 Å². The molecule has 0 aliphatic heterocycles. The first-order valence-electron chi connectivity index (χ1n) is 6.97. The van der Waals surface area contributed by atoms with Crippen LogP contribution < -0.4 is 0 Å². The van der Waals surface area contributed by atoms with E-state index in [1.807, 2.05) is 6.07 Å². The first-order chi connectivity index (χ1) is 9.52. The van der Waals surface area contributed by atoms with Crippen LogP contribution in [0.15, 0.2) is 22.7 Å². The third-order valence-corrected chi connectivity index (χ3v) is 5.09. The number of nitro benzene ring substituents is 1. The van der Waals surface area contributed by atoms with Gasteiger partial charge in [-0.15, -0.1) is 0 Å². The van der Waals surface area contributed by atoms with Gasteiger partial charge in [0.05, 0.1) is 9.40 Å². The number of Topliss-reactive ketones (excluding diaryl/α,β-unsaturated/α-hetero) is 1. The highest BCUT2D eigenvalue weighted by atomic mass is 79.9. The zero-order valence-electron chi connectivity index (χ0n) is 11.5. The zero-order chi connectivity index (χ0) is 14.7. The maximum atomic E-state index is 12.0. The molecule has 1 fully saturated rings. The summed E-state index contributed by atoms with van der Waals surface area (Å²) in [5.74, 6) is 0.912. The predicted octanol–water partition coefficient (Wildman–Crippen LogP) is 4.30. The zero-order valence-corrected chi connectivity index (χ0v) is 13.1. The summed E-state index contributed by atoms with van der Waals surface area (Å²) in [6.07, 6.45) is 4.24. The number of ketones is 1. The molecule has 20 heavy (non-hydrogen) atoms. The van der Waals surface area contributed by atoms with E-state index in [0.717, 1.165) is 24.8 Å². The maximum Gasteiger partial charge on any atom is 0.283 e. The van der Waals surface area contributed by atoms with Gasteiger partial charge in [-0.3, -0.25) is 14.9 Å². The summed E-state index contributed by atoms with van der Waals surface area (Å²) in [6, 6.07) is 5.02. The van der Waals surface area contributed by atoms with E-state index < -0.39 is 4.92 Å². The molecule has 108 valence electrons. The monoisotopic (exact) mass is 339 g/mol. The van der Waals surface area contributed by atoms with E-state index in [0.29, 0.717) is 29.0 Å². The first-order valence-corrected chi connectivity index (χ1v) is 7.76. The Kier molecular flexibility index (Phi) is 4.91. The lowest BCUT2D eigenvalue weighted by Gasteiger charge is -2.27. The predicted molar refractivity (Wildman–Crippen MR) is 80.6 cm³/mol. The average molecular weight is 340 g/mol. The Morgan fingerprint density at radius 1 is 1.45 bits per heavy atom. The van der Waals surface area contributed by atoms with Crippen LogP contribution in [0.2, 0.25) is 0 Å². The molecule has 1 aliphatic carbocycles. The Morgan fingerprint density at radius 3 is 2.85 bits per heavy atom. The van der Waals surface area contributed by atoms with Crippen LogP contribution in [0.4, 0.5) is 5.69 Å². The molecule has 2 atom stereocenters. The molecule has 0 radical (unpaired) electrons. The van der Waals surface area contributed by atoms with Gasteiger partial charge in [-0.05, 0) is 46.7 Å². The largest absolute Gasteiger partial charge is 0.299 e. The van der Waals surface area contributed by atoms with E-state index in [1.54, 1.807) is 6.07 Å². The highest BCUT2D eigenvalue weighted by Crippen LogP contribution is 2.34. The number of halogens is 1. The van der Waals surface area contributed by atoms with E-state index in [-0.39, 0.29) is 11.6 Å². The van der Waals surface area contributed by atoms with Crippen molar-refractivity contribution < 1.29 is 9.72 Å². The molecular weight excluding hydrogens is 322 g/mol. The van der Waals surface area contributed by atoms with Crippen LogP contribution in [0.3, 0.4) is 0 Å². The Bertz CT molecular complexity index is 530. The molecule has 5 heteroatoms. The van der Waals surface area contributed by atoms with Crippen molar-refractivity contribution in [3.05, 3.63) is 38.3 Å². The van der Waals surface area contributed by atoms with Crippen molar-refractivity contribution in [2.24, 2.45) is 11.8 Å². The van der Waals surface area contributed by atoms with Gasteiger partial charge in [-0.2, -0.15) is 0 Å². The highest BCUT2D eigenvalue weighted by Gasteiger charge is 2.29. The molecule has 0 saturated heterocycles. The molecule has 0 amide bonds. The number of carbonyl (C=O) groups is 1. The van der Waals surface area contributed by atoms with Gasteiger partial charge in [0.2, 0.25) is 0 Å². The van der Waals surface area contributed by atoms with Gasteiger partial charge in [-0.1, -0.05) is 25.5 Å². The van der Waals surface area contributed by atoms with Crippen molar-refractivity contribution in [2.75, 3.05) is 0 Å². The van der Waals surface area contributed by atoms with Gasteiger partial charge in [0.15, 0.2) is 0 Å². The van der Waals surface area contributed by atoms with Crippen LogP contribution in [-0.4, -0.2) is 10.7 Å². The molecular formula is C15H18BrNO3. The molecule has 2 unspecified atom stereocenters. The van der Waals surface area contributed by atoms with Crippen LogP contribution in [0, 0.1) is 22.0 Å². The second-order valence-electron chi connectivity index (χ2n) is 5.42. The quantitative estimate of drug-likeness (QED) is 0.607. The molecule has 1 aromatic rings. The summed E-state index contributed by atoms with van der Waals surface area (Å²) in [7, 11) is 0. The lowest BCUT2D eigenvalue weighted by molar-refractivity contribution is -0.385. The molecule has 0 N–H and O–H groups in total. The van der Waals surface area contributed by atoms with Crippen molar-refractivity contribution in [3.63, 3.8) is 0 Å². The summed E-state index contributed by atoms with van der Waals surface area (Å²) >= 11 is 3.31. The number of carbonyl (C=O) groups excluding carboxylic acids is 1. The number of hydrogen-bond donors (Lipinski definition) is 0. The Balaban J connectivity index is 2.19. The summed E-state index contributed by atoms with van der Waals surface area (Å²) in [5.41, 5.74) is 0.923. The molecule has 2 rings (SSSR count). The van der Waals surface area contributed by atoms with Gasteiger partial charge < -0.3 is 0 Å². The molecule has 1 saturated carbocycles. The average Bonchev–Trinajstić information content (AvgIpc) is 2.43. The standard InChI is InChI=1S/C15H18BrNO3/c1-2-10-6-7-14(18)12(8-10)9-11-4-3-5-13(15(11)16)17(19)20/h3-5,10,12H,2,6-9H2,1H3. The molecule has 0 heterocycles. The number of nitrogens with zero attached hydrogens (tertiary/aromatic N) is 1. The third kappa shape index (κ3) is 3.26. The Hall–Kier alpha value is -1.23. The summed E-state index contributed by atoms with van der Waals surface area (Å²) in [5, 5.41) is 10.9. The smallest absolute Gasteiger partial charge is 0.283 e. The van der Waals surface area contributed by atoms with Crippen molar-refractivity contribution in [1.82, 2.24) is 0 Å². The van der Waals surface area contributed by atoms with Gasteiger partial charge in [0.1, 0.15) is 5.78 Å². The fourth-order valence-corrected chi connectivity index (χ4v) is 3.47. The van der Waals surface area contributed by atoms with Crippen LogP contribution in [0.25, 0.3) is 0 Å². The molecule has 1 aliphatic rings. The minimum Gasteiger partial charge on any atom is -0.299 e. The van der Waals surface area contributed by atoms with Crippen molar-refractivity contribution in [3.8, 4) is 0 Å². The van der Waals surface area contributed by atoms with Crippen LogP contribution >= 0.6 is 15.9 Å². The second kappa shape index (κ2) is 6.48. The van der Waals surface area contributed by atoms with Crippen molar-refractivity contribution >= 4 is 27.4 Å². The summed E-state index contributed by atoms with van der Waals surface area (Å²) in [6.45, 7) is 2.15. The molecule has 0 spiro atoms. The van der Waals surface area contributed by atoms with E-state index in [2.05, 4.69) is 22.9 Å². The molecule has 0 aromatic heterocycles.